The first-order chi connectivity index (χ1) is 8.40. The summed E-state index contributed by atoms with van der Waals surface area (Å²) < 4.78 is 5.25. The maximum atomic E-state index is 11.6. The number of ether oxygens (including phenoxy) is 1. The zero-order valence-electron chi connectivity index (χ0n) is 11.7. The van der Waals surface area contributed by atoms with Gasteiger partial charge in [-0.3, -0.25) is 0 Å². The minimum atomic E-state index is -0.425. The Labute approximate surface area is 110 Å². The monoisotopic (exact) mass is 254 g/mol. The van der Waals surface area contributed by atoms with Crippen LogP contribution in [0.5, 0.6) is 0 Å². The highest BCUT2D eigenvalue weighted by Crippen LogP contribution is 2.25. The Kier molecular flexibility index (Phi) is 5.66. The van der Waals surface area contributed by atoms with Crippen LogP contribution in [0.1, 0.15) is 46.5 Å². The Hall–Kier alpha value is -1.03. The van der Waals surface area contributed by atoms with Crippen molar-refractivity contribution in [3.8, 4) is 0 Å². The van der Waals surface area contributed by atoms with Crippen molar-refractivity contribution in [2.24, 2.45) is 11.7 Å². The smallest absolute Gasteiger partial charge is 0.407 e. The first-order valence-electron chi connectivity index (χ1n) is 6.77. The third kappa shape index (κ3) is 6.05. The zero-order chi connectivity index (χ0) is 13.6. The summed E-state index contributed by atoms with van der Waals surface area (Å²) in [5.74, 6) is 0.616. The minimum absolute atomic E-state index is 0.252. The van der Waals surface area contributed by atoms with E-state index in [1.807, 2.05) is 26.8 Å². The molecule has 0 unspecified atom stereocenters. The molecule has 0 heterocycles. The minimum Gasteiger partial charge on any atom is -0.444 e. The van der Waals surface area contributed by atoms with Gasteiger partial charge in [0.15, 0.2) is 0 Å². The first kappa shape index (κ1) is 15.0. The molecular formula is C14H26N2O2. The van der Waals surface area contributed by atoms with Gasteiger partial charge in [0.05, 0.1) is 0 Å². The number of rotatable bonds is 3. The fourth-order valence-electron chi connectivity index (χ4n) is 2.20. The van der Waals surface area contributed by atoms with Crippen LogP contribution in [-0.2, 0) is 4.74 Å². The average molecular weight is 254 g/mol. The standard InChI is InChI=1S/C14H26N2O2/c1-14(2,3)18-13(17)16-12-8-6-11(7-9-12)5-4-10-15/h4-5,11-12H,6-10,15H2,1-3H3,(H,16,17)/b5-4+. The first-order valence-corrected chi connectivity index (χ1v) is 6.77. The van der Waals surface area contributed by atoms with Crippen LogP contribution in [-0.4, -0.2) is 24.3 Å². The van der Waals surface area contributed by atoms with E-state index in [4.69, 9.17) is 10.5 Å². The molecule has 3 N–H and O–H groups in total. The molecule has 1 amide bonds. The van der Waals surface area contributed by atoms with Crippen LogP contribution in [0.15, 0.2) is 12.2 Å². The van der Waals surface area contributed by atoms with Crippen LogP contribution in [0.2, 0.25) is 0 Å². The van der Waals surface area contributed by atoms with Crippen LogP contribution in [0.3, 0.4) is 0 Å². The third-order valence-corrected chi connectivity index (χ3v) is 3.04. The van der Waals surface area contributed by atoms with E-state index in [2.05, 4.69) is 11.4 Å². The number of nitrogens with two attached hydrogens (primary N) is 1. The fraction of sp³-hybridized carbons (Fsp3) is 0.786. The Morgan fingerprint density at radius 3 is 2.44 bits per heavy atom. The second kappa shape index (κ2) is 6.78. The number of hydrogen-bond donors (Lipinski definition) is 2. The molecule has 0 aromatic heterocycles. The summed E-state index contributed by atoms with van der Waals surface area (Å²) in [7, 11) is 0. The van der Waals surface area contributed by atoms with Gasteiger partial charge in [0.2, 0.25) is 0 Å². The molecule has 0 aromatic carbocycles. The van der Waals surface area contributed by atoms with Crippen LogP contribution in [0.25, 0.3) is 0 Å². The van der Waals surface area contributed by atoms with Gasteiger partial charge in [-0.1, -0.05) is 12.2 Å². The molecular weight excluding hydrogens is 228 g/mol. The van der Waals surface area contributed by atoms with Gasteiger partial charge in [-0.05, 0) is 52.4 Å². The number of alkyl carbamates (subject to hydrolysis) is 1. The van der Waals surface area contributed by atoms with Gasteiger partial charge in [0.25, 0.3) is 0 Å². The summed E-state index contributed by atoms with van der Waals surface area (Å²) in [5.41, 5.74) is 5.01. The Morgan fingerprint density at radius 1 is 1.33 bits per heavy atom. The van der Waals surface area contributed by atoms with E-state index in [1.54, 1.807) is 0 Å². The van der Waals surface area contributed by atoms with Gasteiger partial charge in [-0.2, -0.15) is 0 Å². The Balaban J connectivity index is 2.27. The quantitative estimate of drug-likeness (QED) is 0.761. The van der Waals surface area contributed by atoms with E-state index in [9.17, 15) is 4.79 Å². The fourth-order valence-corrected chi connectivity index (χ4v) is 2.20. The van der Waals surface area contributed by atoms with E-state index in [0.29, 0.717) is 12.5 Å². The SMILES string of the molecule is CC(C)(C)OC(=O)NC1CCC(/C=C/CN)CC1. The number of nitrogens with one attached hydrogen (secondary N) is 1. The Bertz CT molecular complexity index is 287. The lowest BCUT2D eigenvalue weighted by Gasteiger charge is -2.28. The number of hydrogen-bond acceptors (Lipinski definition) is 3. The largest absolute Gasteiger partial charge is 0.444 e. The molecule has 1 rings (SSSR count). The maximum absolute atomic E-state index is 11.6. The summed E-state index contributed by atoms with van der Waals surface area (Å²) >= 11 is 0. The van der Waals surface area contributed by atoms with Crippen LogP contribution >= 0.6 is 0 Å². The molecule has 18 heavy (non-hydrogen) atoms. The molecule has 1 aliphatic rings. The van der Waals surface area contributed by atoms with Gasteiger partial charge < -0.3 is 15.8 Å². The summed E-state index contributed by atoms with van der Waals surface area (Å²) in [6.07, 6.45) is 8.16. The van der Waals surface area contributed by atoms with Crippen molar-refractivity contribution in [2.75, 3.05) is 6.54 Å². The second-order valence-corrected chi connectivity index (χ2v) is 5.92. The van der Waals surface area contributed by atoms with Crippen molar-refractivity contribution in [2.45, 2.75) is 58.1 Å². The molecule has 0 aromatic rings. The highest BCUT2D eigenvalue weighted by Gasteiger charge is 2.23. The molecule has 0 saturated heterocycles. The molecule has 4 nitrogen and oxygen atoms in total. The summed E-state index contributed by atoms with van der Waals surface area (Å²) in [6, 6.07) is 0.252. The number of allylic oxidation sites excluding steroid dienone is 1. The lowest BCUT2D eigenvalue weighted by atomic mass is 9.86. The van der Waals surface area contributed by atoms with Crippen LogP contribution in [0.4, 0.5) is 4.79 Å². The molecule has 4 heteroatoms. The van der Waals surface area contributed by atoms with E-state index in [0.717, 1.165) is 25.7 Å². The maximum Gasteiger partial charge on any atom is 0.407 e. The number of amides is 1. The van der Waals surface area contributed by atoms with Gasteiger partial charge in [-0.25, -0.2) is 4.79 Å². The molecule has 1 saturated carbocycles. The van der Waals surface area contributed by atoms with E-state index < -0.39 is 5.60 Å². The highest BCUT2D eigenvalue weighted by molar-refractivity contribution is 5.68. The normalized spacial score (nSPS) is 25.1. The van der Waals surface area contributed by atoms with Gasteiger partial charge >= 0.3 is 6.09 Å². The van der Waals surface area contributed by atoms with Gasteiger partial charge in [-0.15, -0.1) is 0 Å². The molecule has 0 aliphatic heterocycles. The summed E-state index contributed by atoms with van der Waals surface area (Å²) in [5, 5.41) is 2.94. The second-order valence-electron chi connectivity index (χ2n) is 5.92. The predicted octanol–water partition coefficient (Wildman–Crippen LogP) is 2.58. The summed E-state index contributed by atoms with van der Waals surface area (Å²) in [6.45, 7) is 6.24. The number of carbonyl (C=O) groups is 1. The van der Waals surface area contributed by atoms with Crippen molar-refractivity contribution in [3.05, 3.63) is 12.2 Å². The third-order valence-electron chi connectivity index (χ3n) is 3.04. The van der Waals surface area contributed by atoms with Crippen LogP contribution < -0.4 is 11.1 Å². The van der Waals surface area contributed by atoms with Crippen LogP contribution in [0, 0.1) is 5.92 Å². The molecule has 0 radical (unpaired) electrons. The predicted molar refractivity (Wildman–Crippen MR) is 73.3 cm³/mol. The molecule has 1 aliphatic carbocycles. The van der Waals surface area contributed by atoms with Crippen molar-refractivity contribution in [1.82, 2.24) is 5.32 Å². The van der Waals surface area contributed by atoms with E-state index in [-0.39, 0.29) is 12.1 Å². The van der Waals surface area contributed by atoms with Crippen molar-refractivity contribution < 1.29 is 9.53 Å². The van der Waals surface area contributed by atoms with Gasteiger partial charge in [0.1, 0.15) is 5.60 Å². The molecule has 104 valence electrons. The molecule has 0 bridgehead atoms. The lowest BCUT2D eigenvalue weighted by molar-refractivity contribution is 0.0490. The molecule has 0 spiro atoms. The van der Waals surface area contributed by atoms with Crippen molar-refractivity contribution in [1.29, 1.82) is 0 Å². The topological polar surface area (TPSA) is 64.3 Å². The number of carbonyl (C=O) groups excluding carboxylic acids is 1. The van der Waals surface area contributed by atoms with E-state index >= 15 is 0 Å². The molecule has 1 fully saturated rings. The van der Waals surface area contributed by atoms with Crippen molar-refractivity contribution in [3.63, 3.8) is 0 Å². The average Bonchev–Trinajstić information content (AvgIpc) is 2.25. The zero-order valence-corrected chi connectivity index (χ0v) is 11.7. The summed E-state index contributed by atoms with van der Waals surface area (Å²) in [4.78, 5) is 11.6. The van der Waals surface area contributed by atoms with E-state index in [1.165, 1.54) is 0 Å². The molecule has 0 atom stereocenters. The Morgan fingerprint density at radius 2 is 1.94 bits per heavy atom. The van der Waals surface area contributed by atoms with Crippen molar-refractivity contribution >= 4 is 6.09 Å². The lowest BCUT2D eigenvalue weighted by Crippen LogP contribution is -2.40. The van der Waals surface area contributed by atoms with Gasteiger partial charge in [0, 0.05) is 12.6 Å². The highest BCUT2D eigenvalue weighted by atomic mass is 16.6.